The summed E-state index contributed by atoms with van der Waals surface area (Å²) in [6.07, 6.45) is -0.279. The summed E-state index contributed by atoms with van der Waals surface area (Å²) in [6.45, 7) is 0.207. The summed E-state index contributed by atoms with van der Waals surface area (Å²) in [6, 6.07) is 13.0. The van der Waals surface area contributed by atoms with E-state index >= 15 is 0 Å². The number of hydroxylamine groups is 1. The largest absolute Gasteiger partial charge is 0.272 e. The molecule has 0 aliphatic rings. The van der Waals surface area contributed by atoms with E-state index in [4.69, 9.17) is 4.84 Å². The average molecular weight is 277 g/mol. The van der Waals surface area contributed by atoms with Gasteiger partial charge in [0, 0.05) is 5.56 Å². The predicted octanol–water partition coefficient (Wildman–Crippen LogP) is 2.76. The van der Waals surface area contributed by atoms with Crippen molar-refractivity contribution in [2.75, 3.05) is 0 Å². The number of rotatable bonds is 5. The third-order valence-electron chi connectivity index (χ3n) is 2.65. The first kappa shape index (κ1) is 14.1. The molecule has 104 valence electrons. The standard InChI is InChI=1S/C15H13F2NO2/c16-13-8-4-7-12(15(13)17)9-14(19)18-20-10-11-5-2-1-3-6-11/h1-8H,9-10H2,(H,18,19). The average Bonchev–Trinajstić information content (AvgIpc) is 2.45. The summed E-state index contributed by atoms with van der Waals surface area (Å²) < 4.78 is 26.3. The molecule has 20 heavy (non-hydrogen) atoms. The van der Waals surface area contributed by atoms with Crippen molar-refractivity contribution in [3.05, 3.63) is 71.3 Å². The van der Waals surface area contributed by atoms with Gasteiger partial charge in [0.2, 0.25) is 5.91 Å². The molecule has 1 N–H and O–H groups in total. The molecule has 0 unspecified atom stereocenters. The summed E-state index contributed by atoms with van der Waals surface area (Å²) in [7, 11) is 0. The first-order chi connectivity index (χ1) is 9.66. The van der Waals surface area contributed by atoms with Gasteiger partial charge < -0.3 is 0 Å². The highest BCUT2D eigenvalue weighted by Crippen LogP contribution is 2.11. The normalized spacial score (nSPS) is 10.3. The maximum absolute atomic E-state index is 13.4. The lowest BCUT2D eigenvalue weighted by Crippen LogP contribution is -2.25. The highest BCUT2D eigenvalue weighted by molar-refractivity contribution is 5.77. The zero-order valence-electron chi connectivity index (χ0n) is 10.6. The quantitative estimate of drug-likeness (QED) is 0.853. The van der Waals surface area contributed by atoms with Crippen LogP contribution in [0.4, 0.5) is 8.78 Å². The summed E-state index contributed by atoms with van der Waals surface area (Å²) in [5.41, 5.74) is 3.08. The molecule has 3 nitrogen and oxygen atoms in total. The lowest BCUT2D eigenvalue weighted by Gasteiger charge is -2.07. The van der Waals surface area contributed by atoms with E-state index in [1.54, 1.807) is 0 Å². The topological polar surface area (TPSA) is 38.3 Å². The van der Waals surface area contributed by atoms with E-state index in [0.29, 0.717) is 0 Å². The van der Waals surface area contributed by atoms with Crippen LogP contribution in [0, 0.1) is 11.6 Å². The Morgan fingerprint density at radius 1 is 1.05 bits per heavy atom. The monoisotopic (exact) mass is 277 g/mol. The Hall–Kier alpha value is -2.27. The van der Waals surface area contributed by atoms with Crippen molar-refractivity contribution in [3.63, 3.8) is 0 Å². The van der Waals surface area contributed by atoms with Crippen molar-refractivity contribution in [1.29, 1.82) is 0 Å². The molecule has 0 spiro atoms. The fourth-order valence-electron chi connectivity index (χ4n) is 1.67. The van der Waals surface area contributed by atoms with Crippen molar-refractivity contribution >= 4 is 5.91 Å². The summed E-state index contributed by atoms with van der Waals surface area (Å²) in [5.74, 6) is -2.52. The van der Waals surface area contributed by atoms with E-state index in [-0.39, 0.29) is 18.6 Å². The predicted molar refractivity (Wildman–Crippen MR) is 69.4 cm³/mol. The molecule has 0 fully saturated rings. The van der Waals surface area contributed by atoms with Gasteiger partial charge in [0.05, 0.1) is 13.0 Å². The van der Waals surface area contributed by atoms with Gasteiger partial charge >= 0.3 is 0 Å². The number of halogens is 2. The Bertz CT molecular complexity index is 588. The molecule has 0 aliphatic carbocycles. The van der Waals surface area contributed by atoms with Crippen LogP contribution in [0.1, 0.15) is 11.1 Å². The Labute approximate surface area is 115 Å². The van der Waals surface area contributed by atoms with Gasteiger partial charge in [-0.3, -0.25) is 9.63 Å². The zero-order chi connectivity index (χ0) is 14.4. The fourth-order valence-corrected chi connectivity index (χ4v) is 1.67. The molecule has 0 aromatic heterocycles. The number of hydrogen-bond acceptors (Lipinski definition) is 2. The number of amides is 1. The number of carbonyl (C=O) groups excluding carboxylic acids is 1. The summed E-state index contributed by atoms with van der Waals surface area (Å²) in [4.78, 5) is 16.5. The molecule has 5 heteroatoms. The minimum absolute atomic E-state index is 0.00851. The van der Waals surface area contributed by atoms with Crippen molar-refractivity contribution < 1.29 is 18.4 Å². The van der Waals surface area contributed by atoms with E-state index < -0.39 is 17.5 Å². The van der Waals surface area contributed by atoms with Crippen molar-refractivity contribution in [1.82, 2.24) is 5.48 Å². The van der Waals surface area contributed by atoms with E-state index in [9.17, 15) is 13.6 Å². The maximum Gasteiger partial charge on any atom is 0.248 e. The molecule has 2 aromatic carbocycles. The van der Waals surface area contributed by atoms with Crippen LogP contribution in [-0.4, -0.2) is 5.91 Å². The van der Waals surface area contributed by atoms with Crippen LogP contribution in [0.2, 0.25) is 0 Å². The molecule has 0 saturated heterocycles. The molecule has 0 bridgehead atoms. The molecule has 2 aromatic rings. The van der Waals surface area contributed by atoms with Gasteiger partial charge in [0.15, 0.2) is 11.6 Å². The van der Waals surface area contributed by atoms with Crippen LogP contribution in [0.25, 0.3) is 0 Å². The zero-order valence-corrected chi connectivity index (χ0v) is 10.6. The number of benzene rings is 2. The van der Waals surface area contributed by atoms with E-state index in [1.807, 2.05) is 30.3 Å². The van der Waals surface area contributed by atoms with Gasteiger partial charge in [-0.2, -0.15) is 0 Å². The van der Waals surface area contributed by atoms with Crippen LogP contribution in [0.15, 0.2) is 48.5 Å². The Morgan fingerprint density at radius 2 is 1.80 bits per heavy atom. The van der Waals surface area contributed by atoms with Crippen molar-refractivity contribution in [3.8, 4) is 0 Å². The number of hydrogen-bond donors (Lipinski definition) is 1. The highest BCUT2D eigenvalue weighted by Gasteiger charge is 2.11. The third-order valence-corrected chi connectivity index (χ3v) is 2.65. The van der Waals surface area contributed by atoms with Gasteiger partial charge in [-0.05, 0) is 11.6 Å². The second-order valence-corrected chi connectivity index (χ2v) is 4.19. The molecule has 0 atom stereocenters. The molecule has 0 radical (unpaired) electrons. The van der Waals surface area contributed by atoms with Gasteiger partial charge in [-0.25, -0.2) is 14.3 Å². The van der Waals surface area contributed by atoms with Crippen molar-refractivity contribution in [2.45, 2.75) is 13.0 Å². The molecule has 1 amide bonds. The van der Waals surface area contributed by atoms with E-state index in [0.717, 1.165) is 11.6 Å². The molecular weight excluding hydrogens is 264 g/mol. The third kappa shape index (κ3) is 3.86. The maximum atomic E-state index is 13.4. The van der Waals surface area contributed by atoms with Gasteiger partial charge in [-0.1, -0.05) is 42.5 Å². The highest BCUT2D eigenvalue weighted by atomic mass is 19.2. The number of carbonyl (C=O) groups is 1. The first-order valence-corrected chi connectivity index (χ1v) is 6.04. The molecule has 0 heterocycles. The molecule has 0 saturated carbocycles. The van der Waals surface area contributed by atoms with Crippen LogP contribution < -0.4 is 5.48 Å². The second kappa shape index (κ2) is 6.77. The smallest absolute Gasteiger partial charge is 0.248 e. The fraction of sp³-hybridized carbons (Fsp3) is 0.133. The van der Waals surface area contributed by atoms with Gasteiger partial charge in [0.25, 0.3) is 0 Å². The Kier molecular flexibility index (Phi) is 4.79. The Balaban J connectivity index is 1.82. The second-order valence-electron chi connectivity index (χ2n) is 4.19. The van der Waals surface area contributed by atoms with Crippen LogP contribution in [0.5, 0.6) is 0 Å². The molecule has 2 rings (SSSR count). The lowest BCUT2D eigenvalue weighted by molar-refractivity contribution is -0.133. The van der Waals surface area contributed by atoms with E-state index in [2.05, 4.69) is 5.48 Å². The summed E-state index contributed by atoms with van der Waals surface area (Å²) in [5, 5.41) is 0. The summed E-state index contributed by atoms with van der Waals surface area (Å²) >= 11 is 0. The lowest BCUT2D eigenvalue weighted by atomic mass is 10.1. The minimum atomic E-state index is -1.01. The van der Waals surface area contributed by atoms with Gasteiger partial charge in [0.1, 0.15) is 0 Å². The molecule has 0 aliphatic heterocycles. The number of nitrogens with one attached hydrogen (secondary N) is 1. The minimum Gasteiger partial charge on any atom is -0.272 e. The van der Waals surface area contributed by atoms with Crippen LogP contribution >= 0.6 is 0 Å². The van der Waals surface area contributed by atoms with Gasteiger partial charge in [-0.15, -0.1) is 0 Å². The SMILES string of the molecule is O=C(Cc1cccc(F)c1F)NOCc1ccccc1. The molecular formula is C15H13F2NO2. The van der Waals surface area contributed by atoms with Crippen LogP contribution in [0.3, 0.4) is 0 Å². The first-order valence-electron chi connectivity index (χ1n) is 6.04. The van der Waals surface area contributed by atoms with Crippen LogP contribution in [-0.2, 0) is 22.7 Å². The van der Waals surface area contributed by atoms with E-state index in [1.165, 1.54) is 12.1 Å². The Morgan fingerprint density at radius 3 is 2.55 bits per heavy atom. The van der Waals surface area contributed by atoms with Crippen molar-refractivity contribution in [2.24, 2.45) is 0 Å².